The van der Waals surface area contributed by atoms with E-state index in [1.54, 1.807) is 22.9 Å². The Kier molecular flexibility index (Phi) is 5.56. The fourth-order valence-electron chi connectivity index (χ4n) is 3.41. The summed E-state index contributed by atoms with van der Waals surface area (Å²) in [4.78, 5) is 11.7. The molecule has 0 saturated heterocycles. The summed E-state index contributed by atoms with van der Waals surface area (Å²) in [6.07, 6.45) is 1.87. The molecule has 4 rings (SSSR count). The summed E-state index contributed by atoms with van der Waals surface area (Å²) < 4.78 is 3.61. The molecule has 2 heterocycles. The van der Waals surface area contributed by atoms with Gasteiger partial charge >= 0.3 is 0 Å². The van der Waals surface area contributed by atoms with Crippen LogP contribution in [0.2, 0.25) is 5.02 Å². The normalized spacial score (nSPS) is 11.8. The van der Waals surface area contributed by atoms with Gasteiger partial charge in [0, 0.05) is 11.8 Å². The molecular weight excluding hydrogens is 412 g/mol. The summed E-state index contributed by atoms with van der Waals surface area (Å²) in [5.74, 6) is -0.567. The zero-order chi connectivity index (χ0) is 22.0. The first-order valence-electron chi connectivity index (χ1n) is 9.64. The van der Waals surface area contributed by atoms with Crippen LogP contribution in [0.4, 0.5) is 0 Å². The average Bonchev–Trinajstić information content (AvgIpc) is 3.42. The van der Waals surface area contributed by atoms with Crippen molar-refractivity contribution >= 4 is 17.5 Å². The molecule has 0 unspecified atom stereocenters. The standard InChI is InChI=1S/C23H19ClN6O/c1-15(30-22(12-21(28-30)23(26)31)16-5-3-2-4-6-16)14-29-10-9-20(27-29)17-7-8-18(13-25)19(24)11-17/h2-12,15H,14H2,1H3,(H2,26,31)/t15-/m0/s1. The molecule has 8 heteroatoms. The van der Waals surface area contributed by atoms with Gasteiger partial charge in [0.05, 0.1) is 34.6 Å². The van der Waals surface area contributed by atoms with Crippen LogP contribution in [0, 0.1) is 11.3 Å². The molecule has 1 amide bonds. The van der Waals surface area contributed by atoms with Gasteiger partial charge in [0.25, 0.3) is 5.91 Å². The largest absolute Gasteiger partial charge is 0.364 e. The van der Waals surface area contributed by atoms with Gasteiger partial charge in [-0.2, -0.15) is 15.5 Å². The second-order valence-corrected chi connectivity index (χ2v) is 7.58. The quantitative estimate of drug-likeness (QED) is 0.492. The number of primary amides is 1. The van der Waals surface area contributed by atoms with Gasteiger partial charge in [-0.1, -0.05) is 48.0 Å². The highest BCUT2D eigenvalue weighted by Gasteiger charge is 2.18. The van der Waals surface area contributed by atoms with E-state index in [0.29, 0.717) is 17.1 Å². The minimum Gasteiger partial charge on any atom is -0.364 e. The minimum atomic E-state index is -0.567. The van der Waals surface area contributed by atoms with Crippen molar-refractivity contribution < 1.29 is 4.79 Å². The molecule has 1 atom stereocenters. The Labute approximate surface area is 184 Å². The summed E-state index contributed by atoms with van der Waals surface area (Å²) in [5, 5.41) is 18.5. The fourth-order valence-corrected chi connectivity index (χ4v) is 3.63. The Hall–Kier alpha value is -3.89. The predicted molar refractivity (Wildman–Crippen MR) is 118 cm³/mol. The number of nitrogens with zero attached hydrogens (tertiary/aromatic N) is 5. The second kappa shape index (κ2) is 8.46. The Morgan fingerprint density at radius 1 is 1.13 bits per heavy atom. The summed E-state index contributed by atoms with van der Waals surface area (Å²) in [5.41, 5.74) is 9.45. The van der Waals surface area contributed by atoms with Crippen LogP contribution in [-0.2, 0) is 6.54 Å². The van der Waals surface area contributed by atoms with Gasteiger partial charge in [-0.3, -0.25) is 14.2 Å². The predicted octanol–water partition coefficient (Wildman–Crippen LogP) is 4.30. The molecule has 7 nitrogen and oxygen atoms in total. The van der Waals surface area contributed by atoms with Crippen molar-refractivity contribution in [1.29, 1.82) is 5.26 Å². The number of nitrogens with two attached hydrogens (primary N) is 1. The van der Waals surface area contributed by atoms with E-state index in [1.165, 1.54) is 0 Å². The van der Waals surface area contributed by atoms with E-state index in [2.05, 4.69) is 16.3 Å². The van der Waals surface area contributed by atoms with Crippen molar-refractivity contribution in [3.8, 4) is 28.6 Å². The van der Waals surface area contributed by atoms with Gasteiger partial charge in [0.2, 0.25) is 0 Å². The summed E-state index contributed by atoms with van der Waals surface area (Å²) >= 11 is 6.15. The van der Waals surface area contributed by atoms with Crippen LogP contribution in [0.3, 0.4) is 0 Å². The lowest BCUT2D eigenvalue weighted by atomic mass is 10.1. The van der Waals surface area contributed by atoms with Crippen LogP contribution in [-0.4, -0.2) is 25.5 Å². The number of nitriles is 1. The first-order chi connectivity index (χ1) is 15.0. The van der Waals surface area contributed by atoms with Crippen LogP contribution >= 0.6 is 11.6 Å². The van der Waals surface area contributed by atoms with Gasteiger partial charge in [0.1, 0.15) is 6.07 Å². The lowest BCUT2D eigenvalue weighted by molar-refractivity contribution is 0.0994. The zero-order valence-electron chi connectivity index (χ0n) is 16.7. The lowest BCUT2D eigenvalue weighted by Gasteiger charge is -2.16. The maximum absolute atomic E-state index is 11.7. The Bertz CT molecular complexity index is 1290. The Morgan fingerprint density at radius 2 is 1.90 bits per heavy atom. The smallest absolute Gasteiger partial charge is 0.269 e. The fraction of sp³-hybridized carbons (Fsp3) is 0.130. The molecule has 0 aliphatic heterocycles. The Morgan fingerprint density at radius 3 is 2.58 bits per heavy atom. The first kappa shape index (κ1) is 20.4. The molecule has 0 spiro atoms. The maximum Gasteiger partial charge on any atom is 0.269 e. The molecule has 154 valence electrons. The second-order valence-electron chi connectivity index (χ2n) is 7.17. The highest BCUT2D eigenvalue weighted by molar-refractivity contribution is 6.32. The van der Waals surface area contributed by atoms with Gasteiger partial charge in [-0.25, -0.2) is 0 Å². The third-order valence-electron chi connectivity index (χ3n) is 4.95. The number of halogens is 1. The topological polar surface area (TPSA) is 103 Å². The van der Waals surface area contributed by atoms with E-state index >= 15 is 0 Å². The van der Waals surface area contributed by atoms with Crippen molar-refractivity contribution in [2.75, 3.05) is 0 Å². The van der Waals surface area contributed by atoms with E-state index in [4.69, 9.17) is 22.6 Å². The van der Waals surface area contributed by atoms with E-state index in [-0.39, 0.29) is 11.7 Å². The molecule has 0 saturated carbocycles. The zero-order valence-corrected chi connectivity index (χ0v) is 17.5. The van der Waals surface area contributed by atoms with Crippen LogP contribution in [0.1, 0.15) is 29.0 Å². The van der Waals surface area contributed by atoms with Crippen molar-refractivity contribution in [3.05, 3.63) is 83.1 Å². The van der Waals surface area contributed by atoms with Gasteiger partial charge in [-0.15, -0.1) is 0 Å². The number of benzene rings is 2. The monoisotopic (exact) mass is 430 g/mol. The summed E-state index contributed by atoms with van der Waals surface area (Å²) in [6.45, 7) is 2.54. The first-order valence-corrected chi connectivity index (χ1v) is 10.0. The van der Waals surface area contributed by atoms with Gasteiger partial charge in [-0.05, 0) is 36.8 Å². The Balaban J connectivity index is 1.61. The molecule has 2 N–H and O–H groups in total. The van der Waals surface area contributed by atoms with Crippen molar-refractivity contribution in [2.45, 2.75) is 19.5 Å². The van der Waals surface area contributed by atoms with Crippen LogP contribution in [0.15, 0.2) is 66.9 Å². The minimum absolute atomic E-state index is 0.0967. The lowest BCUT2D eigenvalue weighted by Crippen LogP contribution is -2.17. The maximum atomic E-state index is 11.7. The highest BCUT2D eigenvalue weighted by atomic mass is 35.5. The van der Waals surface area contributed by atoms with E-state index in [9.17, 15) is 4.79 Å². The molecule has 0 fully saturated rings. The van der Waals surface area contributed by atoms with Crippen LogP contribution in [0.5, 0.6) is 0 Å². The summed E-state index contributed by atoms with van der Waals surface area (Å²) in [7, 11) is 0. The molecule has 2 aromatic heterocycles. The van der Waals surface area contributed by atoms with E-state index in [0.717, 1.165) is 22.5 Å². The molecule has 0 bridgehead atoms. The average molecular weight is 431 g/mol. The van der Waals surface area contributed by atoms with E-state index < -0.39 is 5.91 Å². The molecule has 4 aromatic rings. The number of hydrogen-bond acceptors (Lipinski definition) is 4. The molecule has 0 aliphatic carbocycles. The molecule has 2 aromatic carbocycles. The number of amides is 1. The van der Waals surface area contributed by atoms with Crippen LogP contribution < -0.4 is 5.73 Å². The van der Waals surface area contributed by atoms with Crippen molar-refractivity contribution in [1.82, 2.24) is 19.6 Å². The van der Waals surface area contributed by atoms with Gasteiger partial charge < -0.3 is 5.73 Å². The highest BCUT2D eigenvalue weighted by Crippen LogP contribution is 2.26. The number of carbonyl (C=O) groups is 1. The summed E-state index contributed by atoms with van der Waals surface area (Å²) in [6, 6.07) is 20.5. The van der Waals surface area contributed by atoms with E-state index in [1.807, 2.05) is 60.3 Å². The number of hydrogen-bond donors (Lipinski definition) is 1. The van der Waals surface area contributed by atoms with Crippen molar-refractivity contribution in [2.24, 2.45) is 5.73 Å². The third kappa shape index (κ3) is 4.20. The number of rotatable bonds is 6. The molecular formula is C23H19ClN6O. The molecule has 0 aliphatic rings. The SMILES string of the molecule is C[C@@H](Cn1ccc(-c2ccc(C#N)c(Cl)c2)n1)n1nc(C(N)=O)cc1-c1ccccc1. The van der Waals surface area contributed by atoms with Crippen molar-refractivity contribution in [3.63, 3.8) is 0 Å². The van der Waals surface area contributed by atoms with Gasteiger partial charge in [0.15, 0.2) is 5.69 Å². The third-order valence-corrected chi connectivity index (χ3v) is 5.27. The molecule has 31 heavy (non-hydrogen) atoms. The molecule has 0 radical (unpaired) electrons. The number of aromatic nitrogens is 4. The van der Waals surface area contributed by atoms with Crippen LogP contribution in [0.25, 0.3) is 22.5 Å². The number of carbonyl (C=O) groups excluding carboxylic acids is 1.